The predicted octanol–water partition coefficient (Wildman–Crippen LogP) is 1.71. The number of hydrogen-bond acceptors (Lipinski definition) is 5. The highest BCUT2D eigenvalue weighted by atomic mass is 32.1. The molecule has 1 N–H and O–H groups in total. The van der Waals surface area contributed by atoms with Crippen molar-refractivity contribution >= 4 is 29.0 Å². The Kier molecular flexibility index (Phi) is 4.88. The van der Waals surface area contributed by atoms with Crippen LogP contribution in [0.15, 0.2) is 23.0 Å². The molecule has 2 aromatic rings. The van der Waals surface area contributed by atoms with Gasteiger partial charge >= 0.3 is 0 Å². The fourth-order valence-corrected chi connectivity index (χ4v) is 3.76. The highest BCUT2D eigenvalue weighted by Gasteiger charge is 2.20. The molecule has 2 aliphatic rings. The second kappa shape index (κ2) is 7.30. The van der Waals surface area contributed by atoms with Gasteiger partial charge in [0, 0.05) is 25.3 Å². The number of nitrogens with one attached hydrogen (secondary N) is 1. The van der Waals surface area contributed by atoms with Crippen molar-refractivity contribution in [1.82, 2.24) is 14.5 Å². The summed E-state index contributed by atoms with van der Waals surface area (Å²) in [6.45, 7) is 3.45. The third kappa shape index (κ3) is 3.32. The Morgan fingerprint density at radius 3 is 2.81 bits per heavy atom. The molecule has 2 fully saturated rings. The van der Waals surface area contributed by atoms with Gasteiger partial charge in [0.15, 0.2) is 4.77 Å². The average molecular weight is 375 g/mol. The Labute approximate surface area is 155 Å². The molecule has 0 aliphatic carbocycles. The lowest BCUT2D eigenvalue weighted by atomic mass is 10.1. The minimum Gasteiger partial charge on any atom is -0.378 e. The molecule has 1 atom stereocenters. The van der Waals surface area contributed by atoms with Crippen LogP contribution in [0.5, 0.6) is 0 Å². The first-order chi connectivity index (χ1) is 12.6. The van der Waals surface area contributed by atoms with Crippen LogP contribution in [0, 0.1) is 4.77 Å². The van der Waals surface area contributed by atoms with Crippen molar-refractivity contribution in [2.75, 3.05) is 32.9 Å². The zero-order valence-electron chi connectivity index (χ0n) is 14.4. The summed E-state index contributed by atoms with van der Waals surface area (Å²) in [5, 5.41) is 0.523. The number of aromatic amines is 1. The molecule has 1 unspecified atom stereocenters. The van der Waals surface area contributed by atoms with E-state index < -0.39 is 0 Å². The fraction of sp³-hybridized carbons (Fsp3) is 0.500. The van der Waals surface area contributed by atoms with Gasteiger partial charge in [-0.3, -0.25) is 14.2 Å². The Hall–Kier alpha value is -2.03. The van der Waals surface area contributed by atoms with Crippen LogP contribution in [0.4, 0.5) is 0 Å². The standard InChI is InChI=1S/C18H21N3O4S/c22-16(20-5-8-24-9-6-20)12-3-4-14-15(10-12)19-18(26)21(17(14)23)11-13-2-1-7-25-13/h3-4,10,13H,1-2,5-9,11H2,(H,19,26). The summed E-state index contributed by atoms with van der Waals surface area (Å²) >= 11 is 5.38. The van der Waals surface area contributed by atoms with Gasteiger partial charge in [0.1, 0.15) is 0 Å². The summed E-state index contributed by atoms with van der Waals surface area (Å²) in [6.07, 6.45) is 1.98. The lowest BCUT2D eigenvalue weighted by Crippen LogP contribution is -2.40. The van der Waals surface area contributed by atoms with E-state index in [1.807, 2.05) is 0 Å². The van der Waals surface area contributed by atoms with Gasteiger partial charge in [-0.2, -0.15) is 0 Å². The molecule has 1 aromatic heterocycles. The molecular formula is C18H21N3O4S. The van der Waals surface area contributed by atoms with Crippen molar-refractivity contribution in [1.29, 1.82) is 0 Å². The van der Waals surface area contributed by atoms with E-state index in [1.165, 1.54) is 0 Å². The number of aromatic nitrogens is 2. The normalized spacial score (nSPS) is 20.6. The molecule has 1 amide bonds. The lowest BCUT2D eigenvalue weighted by Gasteiger charge is -2.26. The van der Waals surface area contributed by atoms with Crippen molar-refractivity contribution in [3.8, 4) is 0 Å². The van der Waals surface area contributed by atoms with E-state index in [4.69, 9.17) is 21.7 Å². The minimum atomic E-state index is -0.148. The lowest BCUT2D eigenvalue weighted by molar-refractivity contribution is 0.0303. The molecule has 2 aliphatic heterocycles. The molecule has 0 spiro atoms. The highest BCUT2D eigenvalue weighted by molar-refractivity contribution is 7.71. The zero-order chi connectivity index (χ0) is 18.1. The van der Waals surface area contributed by atoms with E-state index in [0.29, 0.717) is 54.1 Å². The number of rotatable bonds is 3. The number of H-pyrrole nitrogens is 1. The first kappa shape index (κ1) is 17.4. The predicted molar refractivity (Wildman–Crippen MR) is 99.1 cm³/mol. The van der Waals surface area contributed by atoms with Crippen molar-refractivity contribution in [3.05, 3.63) is 38.9 Å². The number of ether oxygens (including phenoxy) is 2. The summed E-state index contributed by atoms with van der Waals surface area (Å²) in [4.78, 5) is 30.3. The van der Waals surface area contributed by atoms with Crippen molar-refractivity contribution < 1.29 is 14.3 Å². The maximum atomic E-state index is 12.8. The highest BCUT2D eigenvalue weighted by Crippen LogP contribution is 2.16. The third-order valence-electron chi connectivity index (χ3n) is 4.94. The number of amides is 1. The van der Waals surface area contributed by atoms with Crippen LogP contribution in [-0.2, 0) is 16.0 Å². The van der Waals surface area contributed by atoms with Crippen LogP contribution in [0.25, 0.3) is 10.9 Å². The van der Waals surface area contributed by atoms with Crippen LogP contribution < -0.4 is 5.56 Å². The summed E-state index contributed by atoms with van der Waals surface area (Å²) < 4.78 is 12.8. The van der Waals surface area contributed by atoms with Crippen molar-refractivity contribution in [2.45, 2.75) is 25.5 Å². The van der Waals surface area contributed by atoms with Crippen LogP contribution in [0.2, 0.25) is 0 Å². The Balaban J connectivity index is 1.67. The third-order valence-corrected chi connectivity index (χ3v) is 5.26. The number of nitrogens with zero attached hydrogens (tertiary/aromatic N) is 2. The van der Waals surface area contributed by atoms with E-state index in [9.17, 15) is 9.59 Å². The molecule has 8 heteroatoms. The van der Waals surface area contributed by atoms with E-state index in [-0.39, 0.29) is 17.6 Å². The number of hydrogen-bond donors (Lipinski definition) is 1. The monoisotopic (exact) mass is 375 g/mol. The molecule has 0 saturated carbocycles. The SMILES string of the molecule is O=C(c1ccc2c(=O)n(CC3CCCO3)c(=S)[nH]c2c1)N1CCOCC1. The first-order valence-corrected chi connectivity index (χ1v) is 9.30. The molecule has 3 heterocycles. The molecule has 4 rings (SSSR count). The van der Waals surface area contributed by atoms with Gasteiger partial charge in [0.2, 0.25) is 0 Å². The van der Waals surface area contributed by atoms with Crippen molar-refractivity contribution in [2.24, 2.45) is 0 Å². The van der Waals surface area contributed by atoms with Gasteiger partial charge < -0.3 is 19.4 Å². The summed E-state index contributed by atoms with van der Waals surface area (Å²) in [7, 11) is 0. The van der Waals surface area contributed by atoms with Gasteiger partial charge in [-0.25, -0.2) is 0 Å². The van der Waals surface area contributed by atoms with E-state index in [1.54, 1.807) is 27.7 Å². The number of fused-ring (bicyclic) bond motifs is 1. The van der Waals surface area contributed by atoms with E-state index >= 15 is 0 Å². The molecule has 138 valence electrons. The minimum absolute atomic E-state index is 0.0300. The van der Waals surface area contributed by atoms with Gasteiger partial charge in [-0.05, 0) is 43.3 Å². The number of morpholine rings is 1. The average Bonchev–Trinajstić information content (AvgIpc) is 3.18. The summed E-state index contributed by atoms with van der Waals surface area (Å²) in [5.74, 6) is -0.0574. The van der Waals surface area contributed by atoms with Crippen molar-refractivity contribution in [3.63, 3.8) is 0 Å². The van der Waals surface area contributed by atoms with Crippen LogP contribution in [-0.4, -0.2) is 59.4 Å². The summed E-state index contributed by atoms with van der Waals surface area (Å²) in [6, 6.07) is 5.11. The van der Waals surface area contributed by atoms with Gasteiger partial charge in [0.05, 0.1) is 36.8 Å². The fourth-order valence-electron chi connectivity index (χ4n) is 3.49. The Morgan fingerprint density at radius 2 is 2.08 bits per heavy atom. The molecule has 7 nitrogen and oxygen atoms in total. The second-order valence-electron chi connectivity index (χ2n) is 6.65. The Bertz CT molecular complexity index is 940. The zero-order valence-corrected chi connectivity index (χ0v) is 15.2. The van der Waals surface area contributed by atoms with Gasteiger partial charge in [0.25, 0.3) is 11.5 Å². The molecule has 1 aromatic carbocycles. The maximum absolute atomic E-state index is 12.8. The quantitative estimate of drug-likeness (QED) is 0.827. The maximum Gasteiger partial charge on any atom is 0.262 e. The van der Waals surface area contributed by atoms with Crippen LogP contribution in [0.3, 0.4) is 0 Å². The van der Waals surface area contributed by atoms with Crippen LogP contribution >= 0.6 is 12.2 Å². The topological polar surface area (TPSA) is 76.6 Å². The molecule has 2 saturated heterocycles. The largest absolute Gasteiger partial charge is 0.378 e. The number of carbonyl (C=O) groups excluding carboxylic acids is 1. The second-order valence-corrected chi connectivity index (χ2v) is 7.03. The Morgan fingerprint density at radius 1 is 1.27 bits per heavy atom. The van der Waals surface area contributed by atoms with Gasteiger partial charge in [-0.1, -0.05) is 0 Å². The van der Waals surface area contributed by atoms with Crippen LogP contribution in [0.1, 0.15) is 23.2 Å². The molecule has 0 radical (unpaired) electrons. The van der Waals surface area contributed by atoms with E-state index in [2.05, 4.69) is 4.98 Å². The number of carbonyl (C=O) groups is 1. The molecular weight excluding hydrogens is 354 g/mol. The van der Waals surface area contributed by atoms with E-state index in [0.717, 1.165) is 19.4 Å². The first-order valence-electron chi connectivity index (χ1n) is 8.89. The molecule has 0 bridgehead atoms. The smallest absolute Gasteiger partial charge is 0.262 e. The number of benzene rings is 1. The van der Waals surface area contributed by atoms with Gasteiger partial charge in [-0.15, -0.1) is 0 Å². The molecule has 26 heavy (non-hydrogen) atoms. The summed E-state index contributed by atoms with van der Waals surface area (Å²) in [5.41, 5.74) is 0.980.